The predicted octanol–water partition coefficient (Wildman–Crippen LogP) is 3.45. The Balaban J connectivity index is 1.45. The largest absolute Gasteiger partial charge is 0.494 e. The molecule has 0 saturated carbocycles. The molecule has 1 aromatic heterocycles. The van der Waals surface area contributed by atoms with Crippen molar-refractivity contribution in [2.45, 2.75) is 32.7 Å². The molecule has 0 aliphatic carbocycles. The van der Waals surface area contributed by atoms with Crippen LogP contribution in [-0.2, 0) is 22.6 Å². The van der Waals surface area contributed by atoms with Gasteiger partial charge in [0.05, 0.1) is 6.61 Å². The first-order valence-electron chi connectivity index (χ1n) is 8.51. The minimum Gasteiger partial charge on any atom is -0.494 e. The average Bonchev–Trinajstić information content (AvgIpc) is 3.09. The molecule has 0 radical (unpaired) electrons. The molecule has 2 aromatic rings. The molecule has 0 unspecified atom stereocenters. The number of rotatable bonds is 6. The van der Waals surface area contributed by atoms with Crippen molar-refractivity contribution >= 4 is 28.8 Å². The maximum atomic E-state index is 12.3. The third kappa shape index (κ3) is 4.60. The summed E-state index contributed by atoms with van der Waals surface area (Å²) in [6, 6.07) is 9.31. The summed E-state index contributed by atoms with van der Waals surface area (Å²) in [5.74, 6) is 0.665. The molecule has 0 fully saturated rings. The highest BCUT2D eigenvalue weighted by atomic mass is 32.1. The molecule has 2 heterocycles. The zero-order valence-corrected chi connectivity index (χ0v) is 15.1. The van der Waals surface area contributed by atoms with Crippen LogP contribution in [0, 0.1) is 0 Å². The van der Waals surface area contributed by atoms with Crippen molar-refractivity contribution < 1.29 is 14.3 Å². The number of benzene rings is 1. The Kier molecular flexibility index (Phi) is 5.71. The lowest BCUT2D eigenvalue weighted by atomic mass is 10.1. The molecule has 5 nitrogen and oxygen atoms in total. The van der Waals surface area contributed by atoms with Crippen molar-refractivity contribution in [3.63, 3.8) is 0 Å². The molecule has 1 aromatic carbocycles. The lowest BCUT2D eigenvalue weighted by molar-refractivity contribution is -0.133. The lowest BCUT2D eigenvalue weighted by Crippen LogP contribution is -2.35. The first-order valence-corrected chi connectivity index (χ1v) is 9.39. The van der Waals surface area contributed by atoms with Gasteiger partial charge in [-0.25, -0.2) is 0 Å². The summed E-state index contributed by atoms with van der Waals surface area (Å²) < 4.78 is 5.37. The normalized spacial score (nSPS) is 13.2. The van der Waals surface area contributed by atoms with Crippen LogP contribution in [0.5, 0.6) is 5.75 Å². The van der Waals surface area contributed by atoms with Gasteiger partial charge in [0.2, 0.25) is 11.8 Å². The summed E-state index contributed by atoms with van der Waals surface area (Å²) in [7, 11) is 0. The van der Waals surface area contributed by atoms with E-state index in [0.717, 1.165) is 18.7 Å². The summed E-state index contributed by atoms with van der Waals surface area (Å²) in [6.45, 7) is 3.94. The van der Waals surface area contributed by atoms with Crippen LogP contribution in [0.25, 0.3) is 0 Å². The van der Waals surface area contributed by atoms with Crippen LogP contribution in [0.15, 0.2) is 35.7 Å². The maximum absolute atomic E-state index is 12.3. The number of anilines is 1. The fraction of sp³-hybridized carbons (Fsp3) is 0.368. The van der Waals surface area contributed by atoms with Gasteiger partial charge >= 0.3 is 0 Å². The maximum Gasteiger partial charge on any atom is 0.224 e. The van der Waals surface area contributed by atoms with Crippen molar-refractivity contribution in [1.29, 1.82) is 0 Å². The minimum absolute atomic E-state index is 0.0405. The SMILES string of the molecule is CCOc1ccc(NC(=O)CCC(=O)N2CCc3sccc3C2)cc1. The zero-order chi connectivity index (χ0) is 17.6. The van der Waals surface area contributed by atoms with Crippen LogP contribution in [0.4, 0.5) is 5.69 Å². The number of hydrogen-bond donors (Lipinski definition) is 1. The Bertz CT molecular complexity index is 739. The summed E-state index contributed by atoms with van der Waals surface area (Å²) in [5, 5.41) is 4.89. The number of thiophene rings is 1. The molecular formula is C19H22N2O3S. The zero-order valence-electron chi connectivity index (χ0n) is 14.3. The lowest BCUT2D eigenvalue weighted by Gasteiger charge is -2.27. The molecule has 1 aliphatic heterocycles. The highest BCUT2D eigenvalue weighted by Gasteiger charge is 2.21. The van der Waals surface area contributed by atoms with Crippen LogP contribution >= 0.6 is 11.3 Å². The highest BCUT2D eigenvalue weighted by molar-refractivity contribution is 7.10. The molecule has 0 bridgehead atoms. The van der Waals surface area contributed by atoms with Crippen LogP contribution in [-0.4, -0.2) is 29.9 Å². The smallest absolute Gasteiger partial charge is 0.224 e. The second-order valence-electron chi connectivity index (χ2n) is 5.94. The molecule has 1 N–H and O–H groups in total. The molecular weight excluding hydrogens is 336 g/mol. The van der Waals surface area contributed by atoms with Crippen molar-refractivity contribution in [3.8, 4) is 5.75 Å². The van der Waals surface area contributed by atoms with Gasteiger partial charge in [0.15, 0.2) is 0 Å². The Morgan fingerprint density at radius 1 is 1.20 bits per heavy atom. The Hall–Kier alpha value is -2.34. The molecule has 1 aliphatic rings. The fourth-order valence-electron chi connectivity index (χ4n) is 2.86. The molecule has 0 atom stereocenters. The number of carbonyl (C=O) groups excluding carboxylic acids is 2. The molecule has 6 heteroatoms. The van der Waals surface area contributed by atoms with E-state index in [1.165, 1.54) is 10.4 Å². The van der Waals surface area contributed by atoms with Gasteiger partial charge in [0, 0.05) is 36.5 Å². The van der Waals surface area contributed by atoms with Crippen molar-refractivity contribution in [1.82, 2.24) is 4.90 Å². The van der Waals surface area contributed by atoms with E-state index >= 15 is 0 Å². The van der Waals surface area contributed by atoms with Gasteiger partial charge in [-0.1, -0.05) is 0 Å². The van der Waals surface area contributed by atoms with Gasteiger partial charge in [-0.05, 0) is 54.6 Å². The number of hydrogen-bond acceptors (Lipinski definition) is 4. The Morgan fingerprint density at radius 3 is 2.76 bits per heavy atom. The fourth-order valence-corrected chi connectivity index (χ4v) is 3.75. The summed E-state index contributed by atoms with van der Waals surface area (Å²) in [6.07, 6.45) is 1.35. The number of amides is 2. The van der Waals surface area contributed by atoms with Crippen molar-refractivity contribution in [2.75, 3.05) is 18.5 Å². The second kappa shape index (κ2) is 8.16. The van der Waals surface area contributed by atoms with E-state index in [-0.39, 0.29) is 24.7 Å². The van der Waals surface area contributed by atoms with Gasteiger partial charge in [-0.15, -0.1) is 11.3 Å². The number of nitrogens with one attached hydrogen (secondary N) is 1. The molecule has 0 spiro atoms. The van der Waals surface area contributed by atoms with E-state index in [0.29, 0.717) is 18.8 Å². The van der Waals surface area contributed by atoms with Crippen molar-refractivity contribution in [2.24, 2.45) is 0 Å². The number of ether oxygens (including phenoxy) is 1. The van der Waals surface area contributed by atoms with Crippen LogP contribution in [0.3, 0.4) is 0 Å². The van der Waals surface area contributed by atoms with E-state index in [1.807, 2.05) is 24.0 Å². The van der Waals surface area contributed by atoms with Crippen LogP contribution in [0.1, 0.15) is 30.2 Å². The first kappa shape index (κ1) is 17.5. The molecule has 2 amide bonds. The number of carbonyl (C=O) groups is 2. The average molecular weight is 358 g/mol. The summed E-state index contributed by atoms with van der Waals surface area (Å²) >= 11 is 1.75. The topological polar surface area (TPSA) is 58.6 Å². The Labute approximate surface area is 151 Å². The minimum atomic E-state index is -0.147. The molecule has 0 saturated heterocycles. The monoisotopic (exact) mass is 358 g/mol. The molecule has 25 heavy (non-hydrogen) atoms. The first-order chi connectivity index (χ1) is 12.2. The number of fused-ring (bicyclic) bond motifs is 1. The van der Waals surface area contributed by atoms with E-state index in [4.69, 9.17) is 4.74 Å². The molecule has 3 rings (SSSR count). The summed E-state index contributed by atoms with van der Waals surface area (Å²) in [4.78, 5) is 27.6. The van der Waals surface area contributed by atoms with Gasteiger partial charge in [-0.2, -0.15) is 0 Å². The third-order valence-corrected chi connectivity index (χ3v) is 5.20. The standard InChI is InChI=1S/C19H22N2O3S/c1-2-24-16-5-3-15(4-6-16)20-18(22)7-8-19(23)21-11-9-17-14(13-21)10-12-25-17/h3-6,10,12H,2,7-9,11,13H2,1H3,(H,20,22). The van der Waals surface area contributed by atoms with Gasteiger partial charge < -0.3 is 15.0 Å². The van der Waals surface area contributed by atoms with Gasteiger partial charge in [0.25, 0.3) is 0 Å². The van der Waals surface area contributed by atoms with Crippen molar-refractivity contribution in [3.05, 3.63) is 46.2 Å². The molecule has 132 valence electrons. The predicted molar refractivity (Wildman–Crippen MR) is 98.9 cm³/mol. The van der Waals surface area contributed by atoms with Gasteiger partial charge in [0.1, 0.15) is 5.75 Å². The van der Waals surface area contributed by atoms with E-state index in [1.54, 1.807) is 23.5 Å². The van der Waals surface area contributed by atoms with Crippen LogP contribution in [0.2, 0.25) is 0 Å². The number of nitrogens with zero attached hydrogens (tertiary/aromatic N) is 1. The van der Waals surface area contributed by atoms with E-state index in [9.17, 15) is 9.59 Å². The second-order valence-corrected chi connectivity index (χ2v) is 6.94. The highest BCUT2D eigenvalue weighted by Crippen LogP contribution is 2.24. The van der Waals surface area contributed by atoms with E-state index < -0.39 is 0 Å². The van der Waals surface area contributed by atoms with E-state index in [2.05, 4.69) is 16.8 Å². The van der Waals surface area contributed by atoms with Crippen LogP contribution < -0.4 is 10.1 Å². The Morgan fingerprint density at radius 2 is 2.00 bits per heavy atom. The third-order valence-electron chi connectivity index (χ3n) is 4.18. The van der Waals surface area contributed by atoms with Gasteiger partial charge in [-0.3, -0.25) is 9.59 Å². The quantitative estimate of drug-likeness (QED) is 0.860. The summed E-state index contributed by atoms with van der Waals surface area (Å²) in [5.41, 5.74) is 1.95.